The molecule has 0 amide bonds. The molecule has 0 N–H and O–H groups in total. The van der Waals surface area contributed by atoms with E-state index in [1.165, 1.54) is 23.4 Å². The number of fused-ring (bicyclic) bond motifs is 1. The molecule has 4 rings (SSSR count). The molecule has 0 saturated heterocycles. The molecule has 3 nitrogen and oxygen atoms in total. The first-order valence-electron chi connectivity index (χ1n) is 10.8. The van der Waals surface area contributed by atoms with Gasteiger partial charge in [-0.15, -0.1) is 11.3 Å². The average Bonchev–Trinajstić information content (AvgIpc) is 3.06. The van der Waals surface area contributed by atoms with Crippen LogP contribution in [0.5, 0.6) is 0 Å². The number of halogens is 2. The van der Waals surface area contributed by atoms with Crippen molar-refractivity contribution in [3.05, 3.63) is 70.1 Å². The van der Waals surface area contributed by atoms with Crippen LogP contribution in [0.2, 0.25) is 0 Å². The largest absolute Gasteiger partial charge is 0.339 e. The Balaban J connectivity index is 1.87. The molecule has 0 spiro atoms. The maximum atomic E-state index is 14.0. The Kier molecular flexibility index (Phi) is 6.92. The van der Waals surface area contributed by atoms with E-state index in [9.17, 15) is 13.3 Å². The van der Waals surface area contributed by atoms with Gasteiger partial charge in [-0.25, -0.2) is 8.78 Å². The van der Waals surface area contributed by atoms with Gasteiger partial charge in [0.1, 0.15) is 0 Å². The van der Waals surface area contributed by atoms with E-state index in [0.29, 0.717) is 11.5 Å². The molecule has 1 aliphatic rings. The van der Waals surface area contributed by atoms with Crippen molar-refractivity contribution in [2.75, 3.05) is 13.2 Å². The first kappa shape index (κ1) is 22.6. The van der Waals surface area contributed by atoms with Crippen LogP contribution in [0.1, 0.15) is 60.7 Å². The fourth-order valence-corrected chi connectivity index (χ4v) is 8.10. The molecule has 1 heterocycles. The Morgan fingerprint density at radius 2 is 1.77 bits per heavy atom. The second-order valence-corrected chi connectivity index (χ2v) is 11.2. The van der Waals surface area contributed by atoms with Crippen LogP contribution in [0.25, 0.3) is 10.1 Å². The van der Waals surface area contributed by atoms with Gasteiger partial charge in [0, 0.05) is 9.58 Å². The van der Waals surface area contributed by atoms with Crippen LogP contribution >= 0.6 is 18.9 Å². The van der Waals surface area contributed by atoms with Crippen LogP contribution in [0, 0.1) is 11.6 Å². The van der Waals surface area contributed by atoms with Gasteiger partial charge in [0.2, 0.25) is 0 Å². The fraction of sp³-hybridized carbons (Fsp3) is 0.417. The van der Waals surface area contributed by atoms with Crippen molar-refractivity contribution in [1.29, 1.82) is 0 Å². The summed E-state index contributed by atoms with van der Waals surface area (Å²) in [4.78, 5) is 0.987. The summed E-state index contributed by atoms with van der Waals surface area (Å²) in [6.45, 7) is 4.07. The Labute approximate surface area is 185 Å². The van der Waals surface area contributed by atoms with E-state index in [1.54, 1.807) is 31.3 Å². The van der Waals surface area contributed by atoms with E-state index in [2.05, 4.69) is 12.1 Å². The normalized spacial score (nSPS) is 15.9. The van der Waals surface area contributed by atoms with Crippen LogP contribution < -0.4 is 0 Å². The third kappa shape index (κ3) is 4.49. The van der Waals surface area contributed by atoms with Crippen LogP contribution in [0.4, 0.5) is 8.78 Å². The highest BCUT2D eigenvalue weighted by atomic mass is 32.1. The lowest BCUT2D eigenvalue weighted by Crippen LogP contribution is -2.15. The van der Waals surface area contributed by atoms with Gasteiger partial charge < -0.3 is 9.05 Å². The van der Waals surface area contributed by atoms with Crippen molar-refractivity contribution in [1.82, 2.24) is 0 Å². The van der Waals surface area contributed by atoms with Crippen LogP contribution in [-0.2, 0) is 20.0 Å². The average molecular weight is 465 g/mol. The molecule has 0 radical (unpaired) electrons. The third-order valence-electron chi connectivity index (χ3n) is 5.89. The summed E-state index contributed by atoms with van der Waals surface area (Å²) in [7, 11) is -3.56. The summed E-state index contributed by atoms with van der Waals surface area (Å²) < 4.78 is 54.2. The number of hydrogen-bond donors (Lipinski definition) is 0. The molecular formula is C24H27F2O3PS. The van der Waals surface area contributed by atoms with E-state index >= 15 is 0 Å². The molecule has 7 heteroatoms. The number of rotatable bonds is 9. The van der Waals surface area contributed by atoms with E-state index < -0.39 is 24.9 Å². The molecule has 0 aliphatic heterocycles. The first-order chi connectivity index (χ1) is 15.0. The minimum absolute atomic E-state index is 0.245. The van der Waals surface area contributed by atoms with Crippen molar-refractivity contribution >= 4 is 29.0 Å². The van der Waals surface area contributed by atoms with Crippen LogP contribution in [-0.4, -0.2) is 13.2 Å². The number of hydrogen-bond acceptors (Lipinski definition) is 4. The number of benzene rings is 2. The van der Waals surface area contributed by atoms with Crippen LogP contribution in [0.15, 0.2) is 42.5 Å². The van der Waals surface area contributed by atoms with Crippen molar-refractivity contribution in [2.45, 2.75) is 51.1 Å². The maximum Gasteiger partial charge on any atom is 0.339 e. The summed E-state index contributed by atoms with van der Waals surface area (Å²) in [5, 5.41) is 1.18. The maximum absolute atomic E-state index is 14.0. The molecule has 1 aromatic heterocycles. The minimum Gasteiger partial charge on any atom is -0.308 e. The summed E-state index contributed by atoms with van der Waals surface area (Å²) in [5.41, 5.74) is 1.21. The Morgan fingerprint density at radius 1 is 1.06 bits per heavy atom. The minimum atomic E-state index is -3.56. The standard InChI is InChI=1S/C24H27F2O3PS/c1-3-28-30(27,29-4-2)21(15-16-12-13-19(25)20(26)14-16)24-23(17-8-7-9-17)18-10-5-6-11-22(18)31-24/h5-6,10-14,17,21H,3-4,7-9,15H2,1-2H3. The zero-order valence-electron chi connectivity index (χ0n) is 17.8. The van der Waals surface area contributed by atoms with Crippen molar-refractivity contribution in [3.63, 3.8) is 0 Å². The van der Waals surface area contributed by atoms with Gasteiger partial charge in [0.25, 0.3) is 0 Å². The first-order valence-corrected chi connectivity index (χ1v) is 13.2. The molecule has 2 aromatic carbocycles. The molecule has 1 unspecified atom stereocenters. The molecule has 166 valence electrons. The lowest BCUT2D eigenvalue weighted by Gasteiger charge is -2.31. The second-order valence-electron chi connectivity index (χ2n) is 7.85. The summed E-state index contributed by atoms with van der Waals surface area (Å²) in [6.07, 6.45) is 3.62. The lowest BCUT2D eigenvalue weighted by atomic mass is 9.78. The van der Waals surface area contributed by atoms with Crippen molar-refractivity contribution in [3.8, 4) is 0 Å². The van der Waals surface area contributed by atoms with Gasteiger partial charge in [-0.3, -0.25) is 4.57 Å². The van der Waals surface area contributed by atoms with Crippen LogP contribution in [0.3, 0.4) is 0 Å². The fourth-order valence-electron chi connectivity index (χ4n) is 4.26. The monoisotopic (exact) mass is 464 g/mol. The van der Waals surface area contributed by atoms with Gasteiger partial charge in [0.15, 0.2) is 11.6 Å². The summed E-state index contributed by atoms with van der Waals surface area (Å²) >= 11 is 1.61. The molecule has 3 aromatic rings. The third-order valence-corrected chi connectivity index (χ3v) is 9.81. The topological polar surface area (TPSA) is 35.5 Å². The van der Waals surface area contributed by atoms with E-state index in [4.69, 9.17) is 9.05 Å². The highest BCUT2D eigenvalue weighted by Crippen LogP contribution is 2.65. The number of thiophene rings is 1. The predicted octanol–water partition coefficient (Wildman–Crippen LogP) is 8.00. The highest BCUT2D eigenvalue weighted by molar-refractivity contribution is 7.54. The molecular weight excluding hydrogens is 437 g/mol. The molecule has 0 bridgehead atoms. The molecule has 1 atom stereocenters. The SMILES string of the molecule is CCOP(=O)(OCC)C(Cc1ccc(F)c(F)c1)c1sc2ccccc2c1C1CCC1. The quantitative estimate of drug-likeness (QED) is 0.301. The second kappa shape index (κ2) is 9.50. The molecule has 1 aliphatic carbocycles. The smallest absolute Gasteiger partial charge is 0.308 e. The van der Waals surface area contributed by atoms with Crippen molar-refractivity contribution < 1.29 is 22.4 Å². The van der Waals surface area contributed by atoms with E-state index in [1.807, 2.05) is 12.1 Å². The highest BCUT2D eigenvalue weighted by Gasteiger charge is 2.41. The molecule has 1 saturated carbocycles. The van der Waals surface area contributed by atoms with Crippen molar-refractivity contribution in [2.24, 2.45) is 0 Å². The zero-order chi connectivity index (χ0) is 22.0. The molecule has 31 heavy (non-hydrogen) atoms. The zero-order valence-corrected chi connectivity index (χ0v) is 19.5. The predicted molar refractivity (Wildman–Crippen MR) is 122 cm³/mol. The van der Waals surface area contributed by atoms with Gasteiger partial charge in [-0.05, 0) is 73.7 Å². The van der Waals surface area contributed by atoms with Gasteiger partial charge in [-0.2, -0.15) is 0 Å². The van der Waals surface area contributed by atoms with Gasteiger partial charge >= 0.3 is 7.60 Å². The van der Waals surface area contributed by atoms with E-state index in [0.717, 1.165) is 28.5 Å². The Bertz CT molecular complexity index is 1100. The van der Waals surface area contributed by atoms with Gasteiger partial charge in [-0.1, -0.05) is 30.7 Å². The Morgan fingerprint density at radius 3 is 2.39 bits per heavy atom. The molecule has 1 fully saturated rings. The van der Waals surface area contributed by atoms with Gasteiger partial charge in [0.05, 0.1) is 18.9 Å². The van der Waals surface area contributed by atoms with E-state index in [-0.39, 0.29) is 19.6 Å². The summed E-state index contributed by atoms with van der Waals surface area (Å²) in [5.74, 6) is -1.39. The summed E-state index contributed by atoms with van der Waals surface area (Å²) in [6, 6.07) is 12.1. The lowest BCUT2D eigenvalue weighted by molar-refractivity contribution is 0.211. The Hall–Kier alpha value is -1.59.